The van der Waals surface area contributed by atoms with Crippen molar-refractivity contribution in [3.8, 4) is 11.5 Å². The molecule has 18 heavy (non-hydrogen) atoms. The van der Waals surface area contributed by atoms with Crippen molar-refractivity contribution in [3.05, 3.63) is 29.3 Å². The van der Waals surface area contributed by atoms with Gasteiger partial charge in [0.25, 0.3) is 0 Å². The smallest absolute Gasteiger partial charge is 0.306 e. The maximum atomic E-state index is 11.0. The van der Waals surface area contributed by atoms with Crippen LogP contribution in [-0.2, 0) is 10.1 Å². The highest BCUT2D eigenvalue weighted by atomic mass is 32.2. The lowest BCUT2D eigenvalue weighted by Gasteiger charge is -2.17. The van der Waals surface area contributed by atoms with Crippen LogP contribution in [-0.4, -0.2) is 27.1 Å². The molecule has 0 aliphatic carbocycles. The van der Waals surface area contributed by atoms with Crippen LogP contribution in [0, 0.1) is 5.41 Å². The number of nitrogens with two attached hydrogens (primary N) is 1. The fraction of sp³-hybridized carbons (Fsp3) is 0.182. The Morgan fingerprint density at radius 1 is 1.50 bits per heavy atom. The maximum absolute atomic E-state index is 11.0. The highest BCUT2D eigenvalue weighted by Gasteiger charge is 2.15. The van der Waals surface area contributed by atoms with E-state index in [0.29, 0.717) is 11.3 Å². The van der Waals surface area contributed by atoms with Crippen molar-refractivity contribution < 1.29 is 17.3 Å². The molecule has 0 fully saturated rings. The number of hydrogen-bond acceptors (Lipinski definition) is 5. The summed E-state index contributed by atoms with van der Waals surface area (Å²) in [7, 11) is -3.55. The Bertz CT molecular complexity index is 634. The molecule has 0 amide bonds. The Hall–Kier alpha value is -2.02. The largest absolute Gasteiger partial charge is 0.488 e. The van der Waals surface area contributed by atoms with Gasteiger partial charge in [0.05, 0.1) is 6.26 Å². The molecule has 6 nitrogen and oxygen atoms in total. The molecule has 1 aromatic carbocycles. The molecule has 96 valence electrons. The number of amidine groups is 1. The maximum Gasteiger partial charge on any atom is 0.306 e. The summed E-state index contributed by atoms with van der Waals surface area (Å²) in [5.74, 6) is 0.647. The van der Waals surface area contributed by atoms with E-state index < -0.39 is 10.1 Å². The van der Waals surface area contributed by atoms with Crippen LogP contribution in [0.25, 0.3) is 6.08 Å². The van der Waals surface area contributed by atoms with Crippen LogP contribution in [0.15, 0.2) is 23.8 Å². The van der Waals surface area contributed by atoms with E-state index in [4.69, 9.17) is 20.1 Å². The molecule has 3 N–H and O–H groups in total. The molecule has 7 heteroatoms. The summed E-state index contributed by atoms with van der Waals surface area (Å²) in [5, 5.41) is 7.32. The van der Waals surface area contributed by atoms with E-state index in [1.54, 1.807) is 12.1 Å². The van der Waals surface area contributed by atoms with E-state index in [2.05, 4.69) is 0 Å². The van der Waals surface area contributed by atoms with E-state index in [9.17, 15) is 8.42 Å². The molecular weight excluding hydrogens is 256 g/mol. The van der Waals surface area contributed by atoms with Crippen LogP contribution in [0.4, 0.5) is 0 Å². The third kappa shape index (κ3) is 2.80. The molecule has 0 saturated carbocycles. The molecule has 1 aliphatic rings. The van der Waals surface area contributed by atoms with E-state index in [0.717, 1.165) is 11.8 Å². The third-order valence-electron chi connectivity index (χ3n) is 2.29. The van der Waals surface area contributed by atoms with Gasteiger partial charge in [0.2, 0.25) is 0 Å². The zero-order valence-electron chi connectivity index (χ0n) is 9.64. The zero-order valence-corrected chi connectivity index (χ0v) is 10.5. The average Bonchev–Trinajstić information content (AvgIpc) is 2.26. The zero-order chi connectivity index (χ0) is 13.3. The van der Waals surface area contributed by atoms with Gasteiger partial charge >= 0.3 is 10.1 Å². The van der Waals surface area contributed by atoms with Crippen LogP contribution in [0.5, 0.6) is 11.5 Å². The standard InChI is InChI=1S/C11H12N2O4S/c1-18(14,15)17-9-3-2-7-4-8(11(12)13)6-16-10(7)5-9/h2-5H,6H2,1H3,(H3,12,13). The summed E-state index contributed by atoms with van der Waals surface area (Å²) >= 11 is 0. The van der Waals surface area contributed by atoms with Crippen LogP contribution in [0.3, 0.4) is 0 Å². The Labute approximate surface area is 105 Å². The predicted octanol–water partition coefficient (Wildman–Crippen LogP) is 0.737. The van der Waals surface area contributed by atoms with Gasteiger partial charge in [-0.25, -0.2) is 0 Å². The van der Waals surface area contributed by atoms with Gasteiger partial charge in [-0.15, -0.1) is 0 Å². The molecular formula is C11H12N2O4S. The lowest BCUT2D eigenvalue weighted by molar-refractivity contribution is 0.351. The number of hydrogen-bond donors (Lipinski definition) is 2. The quantitative estimate of drug-likeness (QED) is 0.478. The summed E-state index contributed by atoms with van der Waals surface area (Å²) in [4.78, 5) is 0. The van der Waals surface area contributed by atoms with Gasteiger partial charge in [0.1, 0.15) is 23.9 Å². The number of benzene rings is 1. The summed E-state index contributed by atoms with van der Waals surface area (Å²) < 4.78 is 32.1. The molecule has 2 rings (SSSR count). The first-order valence-corrected chi connectivity index (χ1v) is 6.88. The predicted molar refractivity (Wildman–Crippen MR) is 67.3 cm³/mol. The molecule has 1 aliphatic heterocycles. The van der Waals surface area contributed by atoms with Gasteiger partial charge in [-0.1, -0.05) is 0 Å². The molecule has 0 radical (unpaired) electrons. The van der Waals surface area contributed by atoms with E-state index in [-0.39, 0.29) is 18.2 Å². The first-order chi connectivity index (χ1) is 8.35. The molecule has 0 unspecified atom stereocenters. The SMILES string of the molecule is CS(=O)(=O)Oc1ccc2c(c1)OCC(C(=N)N)=C2. The Morgan fingerprint density at radius 2 is 2.22 bits per heavy atom. The van der Waals surface area contributed by atoms with Crippen molar-refractivity contribution in [2.75, 3.05) is 12.9 Å². The molecule has 0 saturated heterocycles. The fourth-order valence-corrected chi connectivity index (χ4v) is 1.98. The summed E-state index contributed by atoms with van der Waals surface area (Å²) in [6.07, 6.45) is 2.70. The highest BCUT2D eigenvalue weighted by Crippen LogP contribution is 2.30. The minimum atomic E-state index is -3.55. The lowest BCUT2D eigenvalue weighted by Crippen LogP contribution is -2.20. The van der Waals surface area contributed by atoms with Crippen LogP contribution >= 0.6 is 0 Å². The van der Waals surface area contributed by atoms with Crippen molar-refractivity contribution in [3.63, 3.8) is 0 Å². The van der Waals surface area contributed by atoms with E-state index in [1.807, 2.05) is 0 Å². The van der Waals surface area contributed by atoms with Crippen molar-refractivity contribution in [2.45, 2.75) is 0 Å². The second kappa shape index (κ2) is 4.34. The van der Waals surface area contributed by atoms with Crippen LogP contribution < -0.4 is 14.7 Å². The van der Waals surface area contributed by atoms with E-state index in [1.165, 1.54) is 12.1 Å². The Morgan fingerprint density at radius 3 is 2.83 bits per heavy atom. The second-order valence-electron chi connectivity index (χ2n) is 3.86. The number of ether oxygens (including phenoxy) is 1. The molecule has 0 atom stereocenters. The summed E-state index contributed by atoms with van der Waals surface area (Å²) in [6, 6.07) is 4.66. The monoisotopic (exact) mass is 268 g/mol. The van der Waals surface area contributed by atoms with Gasteiger partial charge in [-0.05, 0) is 18.2 Å². The van der Waals surface area contributed by atoms with Crippen molar-refractivity contribution >= 4 is 22.0 Å². The number of nitrogens with one attached hydrogen (secondary N) is 1. The Kier molecular flexibility index (Phi) is 3.00. The molecule has 0 aromatic heterocycles. The highest BCUT2D eigenvalue weighted by molar-refractivity contribution is 7.86. The molecule has 1 aromatic rings. The van der Waals surface area contributed by atoms with E-state index >= 15 is 0 Å². The number of rotatable bonds is 3. The van der Waals surface area contributed by atoms with Crippen LogP contribution in [0.1, 0.15) is 5.56 Å². The number of fused-ring (bicyclic) bond motifs is 1. The van der Waals surface area contributed by atoms with Crippen molar-refractivity contribution in [1.82, 2.24) is 0 Å². The summed E-state index contributed by atoms with van der Waals surface area (Å²) in [6.45, 7) is 0.185. The first-order valence-electron chi connectivity index (χ1n) is 5.06. The van der Waals surface area contributed by atoms with Gasteiger partial charge < -0.3 is 14.7 Å². The average molecular weight is 268 g/mol. The van der Waals surface area contributed by atoms with Gasteiger partial charge in [-0.3, -0.25) is 5.41 Å². The Balaban J connectivity index is 2.34. The first kappa shape index (κ1) is 12.4. The van der Waals surface area contributed by atoms with Crippen LogP contribution in [0.2, 0.25) is 0 Å². The minimum absolute atomic E-state index is 0.0443. The summed E-state index contributed by atoms with van der Waals surface area (Å²) in [5.41, 5.74) is 6.68. The molecule has 0 spiro atoms. The van der Waals surface area contributed by atoms with Crippen molar-refractivity contribution in [1.29, 1.82) is 5.41 Å². The normalized spacial score (nSPS) is 14.2. The van der Waals surface area contributed by atoms with Crippen molar-refractivity contribution in [2.24, 2.45) is 5.73 Å². The van der Waals surface area contributed by atoms with Gasteiger partial charge in [-0.2, -0.15) is 8.42 Å². The minimum Gasteiger partial charge on any atom is -0.488 e. The molecule has 0 bridgehead atoms. The lowest BCUT2D eigenvalue weighted by atomic mass is 10.1. The van der Waals surface area contributed by atoms with Gasteiger partial charge in [0, 0.05) is 17.2 Å². The fourth-order valence-electron chi connectivity index (χ4n) is 1.53. The molecule has 1 heterocycles. The second-order valence-corrected chi connectivity index (χ2v) is 5.43. The topological polar surface area (TPSA) is 102 Å². The third-order valence-corrected chi connectivity index (χ3v) is 2.79. The van der Waals surface area contributed by atoms with Gasteiger partial charge in [0.15, 0.2) is 0 Å².